The first kappa shape index (κ1) is 15.0. The Bertz CT molecular complexity index is 634. The number of alkyl halides is 2. The van der Waals surface area contributed by atoms with Crippen LogP contribution in [0, 0.1) is 11.7 Å². The number of hydrogen-bond acceptors (Lipinski definition) is 4. The fourth-order valence-corrected chi connectivity index (χ4v) is 3.67. The molecule has 2 aliphatic rings. The number of anilines is 1. The summed E-state index contributed by atoms with van der Waals surface area (Å²) in [7, 11) is 0. The predicted molar refractivity (Wildman–Crippen MR) is 76.9 cm³/mol. The Morgan fingerprint density at radius 3 is 2.77 bits per heavy atom. The van der Waals surface area contributed by atoms with Gasteiger partial charge >= 0.3 is 0 Å². The maximum absolute atomic E-state index is 14.5. The Balaban J connectivity index is 2.20. The van der Waals surface area contributed by atoms with E-state index in [2.05, 4.69) is 4.99 Å². The number of benzene rings is 1. The van der Waals surface area contributed by atoms with Gasteiger partial charge in [0.25, 0.3) is 11.9 Å². The summed E-state index contributed by atoms with van der Waals surface area (Å²) in [6.45, 7) is 1.47. The molecule has 1 saturated carbocycles. The van der Waals surface area contributed by atoms with Gasteiger partial charge in [-0.2, -0.15) is 0 Å². The summed E-state index contributed by atoms with van der Waals surface area (Å²) in [6, 6.07) is 3.69. The summed E-state index contributed by atoms with van der Waals surface area (Å²) in [6.07, 6.45) is -0.286. The van der Waals surface area contributed by atoms with Crippen LogP contribution in [0.2, 0.25) is 0 Å². The Kier molecular flexibility index (Phi) is 3.27. The first-order valence-electron chi connectivity index (χ1n) is 7.19. The van der Waals surface area contributed by atoms with Crippen molar-refractivity contribution in [3.63, 3.8) is 0 Å². The average molecular weight is 313 g/mol. The highest BCUT2D eigenvalue weighted by molar-refractivity contribution is 5.73. The molecule has 22 heavy (non-hydrogen) atoms. The van der Waals surface area contributed by atoms with Crippen molar-refractivity contribution >= 4 is 11.7 Å². The Morgan fingerprint density at radius 1 is 1.32 bits per heavy atom. The molecule has 0 aromatic heterocycles. The van der Waals surface area contributed by atoms with E-state index in [1.54, 1.807) is 0 Å². The highest BCUT2D eigenvalue weighted by Gasteiger charge is 2.60. The van der Waals surface area contributed by atoms with Crippen molar-refractivity contribution in [2.45, 2.75) is 43.8 Å². The summed E-state index contributed by atoms with van der Waals surface area (Å²) in [5, 5.41) is 0. The fraction of sp³-hybridized carbons (Fsp3) is 0.533. The Hall–Kier alpha value is -1.92. The van der Waals surface area contributed by atoms with E-state index in [1.165, 1.54) is 19.1 Å². The molecule has 1 aromatic rings. The molecular formula is C15H18F3N3O. The Labute approximate surface area is 126 Å². The van der Waals surface area contributed by atoms with Gasteiger partial charge in [0, 0.05) is 17.7 Å². The maximum Gasteiger partial charge on any atom is 0.283 e. The molecule has 1 heterocycles. The minimum absolute atomic E-state index is 0.0234. The van der Waals surface area contributed by atoms with Crippen LogP contribution in [0.4, 0.5) is 18.9 Å². The van der Waals surface area contributed by atoms with Crippen molar-refractivity contribution in [1.82, 2.24) is 0 Å². The molecule has 0 amide bonds. The number of hydrogen-bond donors (Lipinski definition) is 2. The quantitative estimate of drug-likeness (QED) is 0.783. The van der Waals surface area contributed by atoms with Gasteiger partial charge in [0.05, 0.1) is 5.92 Å². The van der Waals surface area contributed by atoms with Gasteiger partial charge in [0.1, 0.15) is 17.5 Å². The van der Waals surface area contributed by atoms with Crippen molar-refractivity contribution in [2.24, 2.45) is 16.6 Å². The SMILES string of the molecule is C[C@]1(c2cc(N)ccc2F)N=C(N)O[C@@H]2CCCC(F)(F)[C@@H]21. The van der Waals surface area contributed by atoms with E-state index in [-0.39, 0.29) is 23.7 Å². The lowest BCUT2D eigenvalue weighted by atomic mass is 9.68. The molecule has 0 spiro atoms. The predicted octanol–water partition coefficient (Wildman–Crippen LogP) is 2.77. The highest BCUT2D eigenvalue weighted by atomic mass is 19.3. The molecular weight excluding hydrogens is 295 g/mol. The summed E-state index contributed by atoms with van der Waals surface area (Å²) >= 11 is 0. The largest absolute Gasteiger partial charge is 0.461 e. The van der Waals surface area contributed by atoms with E-state index in [1.807, 2.05) is 0 Å². The van der Waals surface area contributed by atoms with Crippen LogP contribution < -0.4 is 11.5 Å². The van der Waals surface area contributed by atoms with Crippen molar-refractivity contribution in [1.29, 1.82) is 0 Å². The fourth-order valence-electron chi connectivity index (χ4n) is 3.67. The number of aliphatic imine (C=N–C) groups is 1. The van der Waals surface area contributed by atoms with Gasteiger partial charge in [0.2, 0.25) is 0 Å². The van der Waals surface area contributed by atoms with Gasteiger partial charge in [-0.3, -0.25) is 0 Å². The van der Waals surface area contributed by atoms with Crippen molar-refractivity contribution < 1.29 is 17.9 Å². The van der Waals surface area contributed by atoms with Gasteiger partial charge in [0.15, 0.2) is 0 Å². The summed E-state index contributed by atoms with van der Waals surface area (Å²) in [4.78, 5) is 4.06. The average Bonchev–Trinajstić information content (AvgIpc) is 2.39. The van der Waals surface area contributed by atoms with E-state index in [0.29, 0.717) is 12.8 Å². The molecule has 7 heteroatoms. The van der Waals surface area contributed by atoms with Gasteiger partial charge in [-0.1, -0.05) is 0 Å². The molecule has 0 bridgehead atoms. The van der Waals surface area contributed by atoms with Crippen molar-refractivity contribution in [2.75, 3.05) is 5.73 Å². The normalized spacial score (nSPS) is 33.5. The van der Waals surface area contributed by atoms with Crippen LogP contribution in [0.25, 0.3) is 0 Å². The third-order valence-corrected chi connectivity index (χ3v) is 4.58. The van der Waals surface area contributed by atoms with Gasteiger partial charge in [-0.15, -0.1) is 0 Å². The zero-order valence-electron chi connectivity index (χ0n) is 12.2. The van der Waals surface area contributed by atoms with E-state index >= 15 is 0 Å². The van der Waals surface area contributed by atoms with Gasteiger partial charge in [-0.25, -0.2) is 18.2 Å². The number of nitrogens with two attached hydrogens (primary N) is 2. The number of ether oxygens (including phenoxy) is 1. The first-order chi connectivity index (χ1) is 10.2. The van der Waals surface area contributed by atoms with Crippen LogP contribution >= 0.6 is 0 Å². The van der Waals surface area contributed by atoms with E-state index in [4.69, 9.17) is 16.2 Å². The minimum Gasteiger partial charge on any atom is -0.461 e. The molecule has 1 aromatic carbocycles. The number of nitrogen functional groups attached to an aromatic ring is 1. The lowest BCUT2D eigenvalue weighted by molar-refractivity contribution is -0.163. The standard InChI is InChI=1S/C15H18F3N3O/c1-14(9-7-8(19)4-5-10(9)16)12-11(22-13(20)21-14)3-2-6-15(12,17)18/h4-5,7,11-12H,2-3,6,19H2,1H3,(H2,20,21)/t11-,12+,14-/m1/s1. The van der Waals surface area contributed by atoms with Crippen LogP contribution in [0.15, 0.2) is 23.2 Å². The van der Waals surface area contributed by atoms with Crippen LogP contribution in [0.3, 0.4) is 0 Å². The zero-order valence-corrected chi connectivity index (χ0v) is 12.2. The van der Waals surface area contributed by atoms with Crippen molar-refractivity contribution in [3.05, 3.63) is 29.6 Å². The highest BCUT2D eigenvalue weighted by Crippen LogP contribution is 2.53. The van der Waals surface area contributed by atoms with E-state index in [9.17, 15) is 13.2 Å². The number of amidine groups is 1. The molecule has 4 nitrogen and oxygen atoms in total. The van der Waals surface area contributed by atoms with Crippen LogP contribution in [0.5, 0.6) is 0 Å². The second kappa shape index (κ2) is 4.79. The minimum atomic E-state index is -3.01. The third-order valence-electron chi connectivity index (χ3n) is 4.58. The van der Waals surface area contributed by atoms with Gasteiger partial charge < -0.3 is 16.2 Å². The second-order valence-electron chi connectivity index (χ2n) is 6.12. The number of halogens is 3. The summed E-state index contributed by atoms with van der Waals surface area (Å²) in [5.74, 6) is -4.92. The molecule has 1 aliphatic heterocycles. The van der Waals surface area contributed by atoms with Gasteiger partial charge in [-0.05, 0) is 38.0 Å². The molecule has 3 rings (SSSR count). The molecule has 1 fully saturated rings. The number of fused-ring (bicyclic) bond motifs is 1. The number of rotatable bonds is 1. The molecule has 3 atom stereocenters. The molecule has 0 unspecified atom stereocenters. The van der Waals surface area contributed by atoms with Crippen LogP contribution in [-0.2, 0) is 10.3 Å². The summed E-state index contributed by atoms with van der Waals surface area (Å²) in [5.41, 5.74) is 10.2. The topological polar surface area (TPSA) is 73.6 Å². The number of nitrogens with zero attached hydrogens (tertiary/aromatic N) is 1. The van der Waals surface area contributed by atoms with Crippen LogP contribution in [-0.4, -0.2) is 18.0 Å². The van der Waals surface area contributed by atoms with E-state index < -0.39 is 29.3 Å². The summed E-state index contributed by atoms with van der Waals surface area (Å²) < 4.78 is 48.7. The molecule has 0 radical (unpaired) electrons. The monoisotopic (exact) mass is 313 g/mol. The lowest BCUT2D eigenvalue weighted by Gasteiger charge is -2.48. The van der Waals surface area contributed by atoms with E-state index in [0.717, 1.165) is 6.07 Å². The smallest absolute Gasteiger partial charge is 0.283 e. The lowest BCUT2D eigenvalue weighted by Crippen LogP contribution is -2.57. The van der Waals surface area contributed by atoms with Crippen LogP contribution in [0.1, 0.15) is 31.7 Å². The first-order valence-corrected chi connectivity index (χ1v) is 7.19. The zero-order chi connectivity index (χ0) is 16.1. The molecule has 4 N–H and O–H groups in total. The molecule has 1 aliphatic carbocycles. The van der Waals surface area contributed by atoms with Crippen molar-refractivity contribution in [3.8, 4) is 0 Å². The third kappa shape index (κ3) is 2.19. The second-order valence-corrected chi connectivity index (χ2v) is 6.12. The molecule has 0 saturated heterocycles. The Morgan fingerprint density at radius 2 is 2.05 bits per heavy atom. The molecule has 120 valence electrons. The maximum atomic E-state index is 14.5.